The van der Waals surface area contributed by atoms with Crippen molar-refractivity contribution in [3.05, 3.63) is 86.1 Å². The van der Waals surface area contributed by atoms with Crippen LogP contribution in [0, 0.1) is 13.8 Å². The summed E-state index contributed by atoms with van der Waals surface area (Å²) in [6.07, 6.45) is 0. The fourth-order valence-corrected chi connectivity index (χ4v) is 4.88. The van der Waals surface area contributed by atoms with E-state index in [1.54, 1.807) is 0 Å². The number of carbonyl (C=O) groups is 1. The van der Waals surface area contributed by atoms with Crippen LogP contribution in [0.4, 0.5) is 0 Å². The summed E-state index contributed by atoms with van der Waals surface area (Å²) in [5, 5.41) is 2.71. The van der Waals surface area contributed by atoms with Gasteiger partial charge >= 0.3 is 0 Å². The van der Waals surface area contributed by atoms with Gasteiger partial charge in [-0.2, -0.15) is 0 Å². The fourth-order valence-electron chi connectivity index (χ4n) is 3.79. The van der Waals surface area contributed by atoms with Crippen molar-refractivity contribution in [3.63, 3.8) is 0 Å². The molecule has 0 bridgehead atoms. The van der Waals surface area contributed by atoms with Crippen molar-refractivity contribution in [1.82, 2.24) is 9.80 Å². The summed E-state index contributed by atoms with van der Waals surface area (Å²) in [4.78, 5) is 18.1. The van der Waals surface area contributed by atoms with Gasteiger partial charge in [-0.25, -0.2) is 0 Å². The second kappa shape index (κ2) is 9.86. The van der Waals surface area contributed by atoms with Crippen molar-refractivity contribution in [2.45, 2.75) is 27.0 Å². The summed E-state index contributed by atoms with van der Waals surface area (Å²) in [5.41, 5.74) is 4.70. The lowest BCUT2D eigenvalue weighted by molar-refractivity contribution is 0.0633. The average molecular weight is 455 g/mol. The number of thiophene rings is 1. The highest BCUT2D eigenvalue weighted by molar-refractivity contribution is 7.12. The van der Waals surface area contributed by atoms with Gasteiger partial charge in [0, 0.05) is 43.3 Å². The van der Waals surface area contributed by atoms with Crippen LogP contribution in [-0.4, -0.2) is 41.9 Å². The van der Waals surface area contributed by atoms with Gasteiger partial charge in [-0.1, -0.05) is 35.9 Å². The van der Waals surface area contributed by atoms with E-state index in [1.807, 2.05) is 41.5 Å². The first-order valence-corrected chi connectivity index (χ1v) is 11.8. The third-order valence-corrected chi connectivity index (χ3v) is 6.91. The van der Waals surface area contributed by atoms with Crippen LogP contribution in [0.15, 0.2) is 53.9 Å². The summed E-state index contributed by atoms with van der Waals surface area (Å²) in [7, 11) is 0. The van der Waals surface area contributed by atoms with Gasteiger partial charge in [-0.3, -0.25) is 9.69 Å². The van der Waals surface area contributed by atoms with Crippen molar-refractivity contribution >= 4 is 28.8 Å². The predicted octanol–water partition coefficient (Wildman–Crippen LogP) is 5.56. The first kappa shape index (κ1) is 21.9. The average Bonchev–Trinajstić information content (AvgIpc) is 3.24. The third-order valence-electron chi connectivity index (χ3n) is 5.71. The second-order valence-corrected chi connectivity index (χ2v) is 9.36. The quantitative estimate of drug-likeness (QED) is 0.489. The maximum absolute atomic E-state index is 13.0. The minimum Gasteiger partial charge on any atom is -0.489 e. The largest absolute Gasteiger partial charge is 0.489 e. The third kappa shape index (κ3) is 5.48. The van der Waals surface area contributed by atoms with Gasteiger partial charge in [0.15, 0.2) is 0 Å². The Labute approximate surface area is 193 Å². The molecule has 0 radical (unpaired) electrons. The Morgan fingerprint density at radius 3 is 2.55 bits per heavy atom. The normalized spacial score (nSPS) is 14.6. The Kier molecular flexibility index (Phi) is 6.96. The maximum atomic E-state index is 13.0. The molecule has 0 saturated carbocycles. The number of nitrogens with zero attached hydrogens (tertiary/aromatic N) is 2. The highest BCUT2D eigenvalue weighted by Gasteiger charge is 2.23. The lowest BCUT2D eigenvalue weighted by Gasteiger charge is -2.34. The van der Waals surface area contributed by atoms with Gasteiger partial charge in [0.05, 0.1) is 4.88 Å². The Hall–Kier alpha value is -2.34. The molecule has 2 heterocycles. The summed E-state index contributed by atoms with van der Waals surface area (Å²) in [5.74, 6) is 0.933. The molecule has 4 nitrogen and oxygen atoms in total. The lowest BCUT2D eigenvalue weighted by atomic mass is 10.1. The summed E-state index contributed by atoms with van der Waals surface area (Å²) >= 11 is 7.50. The van der Waals surface area contributed by atoms with Crippen molar-refractivity contribution in [2.24, 2.45) is 0 Å². The van der Waals surface area contributed by atoms with Crippen molar-refractivity contribution in [3.8, 4) is 5.75 Å². The molecule has 1 aromatic heterocycles. The molecule has 4 rings (SSSR count). The molecule has 1 amide bonds. The number of halogens is 1. The lowest BCUT2D eigenvalue weighted by Crippen LogP contribution is -2.48. The van der Waals surface area contributed by atoms with E-state index in [4.69, 9.17) is 16.3 Å². The molecule has 6 heteroatoms. The van der Waals surface area contributed by atoms with Crippen LogP contribution in [0.3, 0.4) is 0 Å². The van der Waals surface area contributed by atoms with Crippen LogP contribution < -0.4 is 4.74 Å². The molecule has 0 N–H and O–H groups in total. The van der Waals surface area contributed by atoms with Gasteiger partial charge in [-0.05, 0) is 60.2 Å². The minimum atomic E-state index is 0.120. The van der Waals surface area contributed by atoms with E-state index in [0.717, 1.165) is 54.5 Å². The molecule has 2 aromatic carbocycles. The van der Waals surface area contributed by atoms with E-state index < -0.39 is 0 Å². The highest BCUT2D eigenvalue weighted by Crippen LogP contribution is 2.24. The van der Waals surface area contributed by atoms with Crippen LogP contribution in [-0.2, 0) is 13.2 Å². The molecule has 1 aliphatic heterocycles. The second-order valence-electron chi connectivity index (χ2n) is 8.01. The molecule has 0 unspecified atom stereocenters. The molecule has 0 spiro atoms. The molecule has 162 valence electrons. The Balaban J connectivity index is 1.29. The van der Waals surface area contributed by atoms with E-state index in [2.05, 4.69) is 36.1 Å². The van der Waals surface area contributed by atoms with Gasteiger partial charge in [0.1, 0.15) is 12.4 Å². The number of benzene rings is 2. The first-order chi connectivity index (χ1) is 15.0. The Morgan fingerprint density at radius 2 is 1.81 bits per heavy atom. The molecule has 1 saturated heterocycles. The van der Waals surface area contributed by atoms with Crippen LogP contribution in [0.2, 0.25) is 5.02 Å². The van der Waals surface area contributed by atoms with Crippen LogP contribution in [0.1, 0.15) is 31.9 Å². The molecule has 1 fully saturated rings. The standard InChI is InChI=1S/C25H27ClN2O2S/c1-18-5-3-4-6-21(18)15-27-9-11-28(12-10-27)25(29)24-14-20(17-31-24)16-30-23-8-7-22(26)13-19(23)2/h3-8,13-14,17H,9-12,15-16H2,1-2H3. The first-order valence-electron chi connectivity index (χ1n) is 10.5. The van der Waals surface area contributed by atoms with Gasteiger partial charge < -0.3 is 9.64 Å². The molecular formula is C25H27ClN2O2S. The SMILES string of the molecule is Cc1ccccc1CN1CCN(C(=O)c2cc(COc3ccc(Cl)cc3C)cs2)CC1. The van der Waals surface area contributed by atoms with Crippen molar-refractivity contribution < 1.29 is 9.53 Å². The maximum Gasteiger partial charge on any atom is 0.264 e. The van der Waals surface area contributed by atoms with Gasteiger partial charge in [0.2, 0.25) is 0 Å². The topological polar surface area (TPSA) is 32.8 Å². The Morgan fingerprint density at radius 1 is 1.03 bits per heavy atom. The minimum absolute atomic E-state index is 0.120. The summed E-state index contributed by atoms with van der Waals surface area (Å²) in [6, 6.07) is 16.1. The number of ether oxygens (including phenoxy) is 1. The molecular weight excluding hydrogens is 428 g/mol. The number of hydrogen-bond acceptors (Lipinski definition) is 4. The van der Waals surface area contributed by atoms with Crippen molar-refractivity contribution in [2.75, 3.05) is 26.2 Å². The Bertz CT molecular complexity index is 1060. The van der Waals surface area contributed by atoms with E-state index in [9.17, 15) is 4.79 Å². The number of amides is 1. The van der Waals surface area contributed by atoms with E-state index >= 15 is 0 Å². The summed E-state index contributed by atoms with van der Waals surface area (Å²) in [6.45, 7) is 8.84. The highest BCUT2D eigenvalue weighted by atomic mass is 35.5. The molecule has 3 aromatic rings. The monoisotopic (exact) mass is 454 g/mol. The number of carbonyl (C=O) groups excluding carboxylic acids is 1. The molecule has 31 heavy (non-hydrogen) atoms. The van der Waals surface area contributed by atoms with Crippen LogP contribution in [0.25, 0.3) is 0 Å². The van der Waals surface area contributed by atoms with Gasteiger partial charge in [0.25, 0.3) is 5.91 Å². The van der Waals surface area contributed by atoms with Gasteiger partial charge in [-0.15, -0.1) is 11.3 Å². The molecule has 0 atom stereocenters. The number of rotatable bonds is 6. The van der Waals surface area contributed by atoms with Crippen molar-refractivity contribution in [1.29, 1.82) is 0 Å². The number of piperazine rings is 1. The smallest absolute Gasteiger partial charge is 0.264 e. The van der Waals surface area contributed by atoms with E-state index in [-0.39, 0.29) is 5.91 Å². The summed E-state index contributed by atoms with van der Waals surface area (Å²) < 4.78 is 5.91. The van der Waals surface area contributed by atoms with E-state index in [1.165, 1.54) is 22.5 Å². The van der Waals surface area contributed by atoms with Crippen LogP contribution in [0.5, 0.6) is 5.75 Å². The van der Waals surface area contributed by atoms with E-state index in [0.29, 0.717) is 11.6 Å². The molecule has 0 aliphatic carbocycles. The zero-order valence-electron chi connectivity index (χ0n) is 17.9. The predicted molar refractivity (Wildman–Crippen MR) is 127 cm³/mol. The number of aryl methyl sites for hydroxylation is 2. The van der Waals surface area contributed by atoms with Crippen LogP contribution >= 0.6 is 22.9 Å². The zero-order valence-corrected chi connectivity index (χ0v) is 19.5. The zero-order chi connectivity index (χ0) is 21.8. The number of hydrogen-bond donors (Lipinski definition) is 0. The fraction of sp³-hybridized carbons (Fsp3) is 0.320. The molecule has 1 aliphatic rings.